The van der Waals surface area contributed by atoms with E-state index in [0.29, 0.717) is 0 Å². The molecule has 5 heteroatoms. The molecule has 74 valence electrons. The number of nitrogens with one attached hydrogen (secondary N) is 2. The molecule has 0 unspecified atom stereocenters. The highest BCUT2D eigenvalue weighted by Crippen LogP contribution is 2.14. The minimum Gasteiger partial charge on any atom is -0.341 e. The highest BCUT2D eigenvalue weighted by Gasteiger charge is 2.27. The Labute approximate surface area is 77.5 Å². The molecule has 1 aliphatic heterocycles. The average Bonchev–Trinajstić information content (AvgIpc) is 2.52. The van der Waals surface area contributed by atoms with Crippen LogP contribution < -0.4 is 10.6 Å². The first-order chi connectivity index (χ1) is 6.15. The summed E-state index contributed by atoms with van der Waals surface area (Å²) in [4.78, 5) is 23.7. The van der Waals surface area contributed by atoms with E-state index in [9.17, 15) is 9.59 Å². The Hall–Kier alpha value is -1.26. The van der Waals surface area contributed by atoms with E-state index in [4.69, 9.17) is 0 Å². The first-order valence-electron chi connectivity index (χ1n) is 4.40. The fraction of sp³-hybridized carbons (Fsp3) is 0.750. The number of urea groups is 1. The number of hydrogen-bond acceptors (Lipinski definition) is 2. The van der Waals surface area contributed by atoms with Crippen LogP contribution in [0.1, 0.15) is 19.8 Å². The van der Waals surface area contributed by atoms with Crippen molar-refractivity contribution in [2.45, 2.75) is 25.9 Å². The lowest BCUT2D eigenvalue weighted by Crippen LogP contribution is -2.48. The van der Waals surface area contributed by atoms with Gasteiger partial charge in [-0.25, -0.2) is 4.79 Å². The largest absolute Gasteiger partial charge is 0.341 e. The zero-order valence-corrected chi connectivity index (χ0v) is 7.96. The van der Waals surface area contributed by atoms with Crippen LogP contribution in [0.2, 0.25) is 0 Å². The number of carbonyl (C=O) groups excluding carboxylic acids is 2. The molecule has 1 heterocycles. The van der Waals surface area contributed by atoms with Crippen molar-refractivity contribution < 1.29 is 9.59 Å². The van der Waals surface area contributed by atoms with Gasteiger partial charge < -0.3 is 15.5 Å². The fourth-order valence-corrected chi connectivity index (χ4v) is 1.52. The molecule has 1 fully saturated rings. The van der Waals surface area contributed by atoms with E-state index < -0.39 is 0 Å². The molecular formula is C8H15N3O2. The predicted octanol–water partition coefficient (Wildman–Crippen LogP) is -0.116. The first-order valence-corrected chi connectivity index (χ1v) is 4.40. The minimum atomic E-state index is -0.238. The Morgan fingerprint density at radius 1 is 1.46 bits per heavy atom. The Morgan fingerprint density at radius 2 is 2.15 bits per heavy atom. The van der Waals surface area contributed by atoms with Gasteiger partial charge in [0, 0.05) is 20.5 Å². The van der Waals surface area contributed by atoms with Crippen molar-refractivity contribution in [3.8, 4) is 0 Å². The van der Waals surface area contributed by atoms with Crippen LogP contribution in [0, 0.1) is 0 Å². The Balaban J connectivity index is 2.48. The van der Waals surface area contributed by atoms with Gasteiger partial charge in [0.05, 0.1) is 0 Å². The molecular weight excluding hydrogens is 170 g/mol. The number of likely N-dealkylation sites (tertiary alicyclic amines) is 1. The van der Waals surface area contributed by atoms with Crippen molar-refractivity contribution in [3.63, 3.8) is 0 Å². The maximum atomic E-state index is 11.1. The smallest absolute Gasteiger partial charge is 0.316 e. The van der Waals surface area contributed by atoms with Gasteiger partial charge in [0.1, 0.15) is 6.17 Å². The van der Waals surface area contributed by atoms with Gasteiger partial charge in [-0.15, -0.1) is 0 Å². The van der Waals surface area contributed by atoms with Gasteiger partial charge in [0.25, 0.3) is 0 Å². The lowest BCUT2D eigenvalue weighted by atomic mass is 10.3. The Morgan fingerprint density at radius 3 is 2.69 bits per heavy atom. The molecule has 0 aromatic heterocycles. The van der Waals surface area contributed by atoms with E-state index in [-0.39, 0.29) is 18.1 Å². The van der Waals surface area contributed by atoms with Crippen molar-refractivity contribution in [3.05, 3.63) is 0 Å². The maximum Gasteiger partial charge on any atom is 0.316 e. The highest BCUT2D eigenvalue weighted by molar-refractivity contribution is 5.77. The SMILES string of the molecule is CNC(=O)N[C@@H]1CCCN1C(C)=O. The van der Waals surface area contributed by atoms with Crippen LogP contribution in [0.5, 0.6) is 0 Å². The molecule has 1 atom stereocenters. The molecule has 5 nitrogen and oxygen atoms in total. The van der Waals surface area contributed by atoms with Crippen molar-refractivity contribution in [1.82, 2.24) is 15.5 Å². The van der Waals surface area contributed by atoms with E-state index in [1.807, 2.05) is 0 Å². The summed E-state index contributed by atoms with van der Waals surface area (Å²) in [5, 5.41) is 5.18. The summed E-state index contributed by atoms with van der Waals surface area (Å²) in [7, 11) is 1.56. The number of nitrogens with zero attached hydrogens (tertiary/aromatic N) is 1. The quantitative estimate of drug-likeness (QED) is 0.598. The van der Waals surface area contributed by atoms with Crippen LogP contribution in [0.15, 0.2) is 0 Å². The second-order valence-corrected chi connectivity index (χ2v) is 3.09. The number of carbonyl (C=O) groups is 2. The summed E-state index contributed by atoms with van der Waals surface area (Å²) in [6, 6.07) is -0.238. The molecule has 0 aliphatic carbocycles. The highest BCUT2D eigenvalue weighted by atomic mass is 16.2. The molecule has 3 amide bonds. The Kier molecular flexibility index (Phi) is 3.11. The molecule has 1 rings (SSSR count). The number of rotatable bonds is 1. The molecule has 0 aromatic carbocycles. The van der Waals surface area contributed by atoms with Crippen LogP contribution in [-0.2, 0) is 4.79 Å². The molecule has 2 N–H and O–H groups in total. The van der Waals surface area contributed by atoms with Crippen LogP contribution in [0.4, 0.5) is 4.79 Å². The van der Waals surface area contributed by atoms with Crippen molar-refractivity contribution in [2.24, 2.45) is 0 Å². The van der Waals surface area contributed by atoms with Crippen molar-refractivity contribution in [2.75, 3.05) is 13.6 Å². The topological polar surface area (TPSA) is 61.4 Å². The summed E-state index contributed by atoms with van der Waals surface area (Å²) in [5.41, 5.74) is 0. The van der Waals surface area contributed by atoms with Gasteiger partial charge in [-0.2, -0.15) is 0 Å². The summed E-state index contributed by atoms with van der Waals surface area (Å²) < 4.78 is 0. The number of hydrogen-bond donors (Lipinski definition) is 2. The molecule has 1 aliphatic rings. The second-order valence-electron chi connectivity index (χ2n) is 3.09. The van der Waals surface area contributed by atoms with E-state index in [1.54, 1.807) is 11.9 Å². The van der Waals surface area contributed by atoms with Gasteiger partial charge >= 0.3 is 6.03 Å². The fourth-order valence-electron chi connectivity index (χ4n) is 1.52. The van der Waals surface area contributed by atoms with E-state index >= 15 is 0 Å². The van der Waals surface area contributed by atoms with Gasteiger partial charge in [-0.3, -0.25) is 4.79 Å². The van der Waals surface area contributed by atoms with Crippen LogP contribution in [0.25, 0.3) is 0 Å². The van der Waals surface area contributed by atoms with Crippen LogP contribution in [0.3, 0.4) is 0 Å². The van der Waals surface area contributed by atoms with Crippen molar-refractivity contribution >= 4 is 11.9 Å². The third-order valence-electron chi connectivity index (χ3n) is 2.18. The molecule has 0 spiro atoms. The Bertz CT molecular complexity index is 217. The van der Waals surface area contributed by atoms with Crippen LogP contribution in [-0.4, -0.2) is 36.6 Å². The lowest BCUT2D eigenvalue weighted by Gasteiger charge is -2.23. The molecule has 0 bridgehead atoms. The zero-order chi connectivity index (χ0) is 9.84. The van der Waals surface area contributed by atoms with E-state index in [2.05, 4.69) is 10.6 Å². The third kappa shape index (κ3) is 2.34. The standard InChI is InChI=1S/C8H15N3O2/c1-6(12)11-5-3-4-7(11)10-8(13)9-2/h7H,3-5H2,1-2H3,(H2,9,10,13)/t7-/m0/s1. The first kappa shape index (κ1) is 9.83. The van der Waals surface area contributed by atoms with Crippen molar-refractivity contribution in [1.29, 1.82) is 0 Å². The molecule has 13 heavy (non-hydrogen) atoms. The van der Waals surface area contributed by atoms with Crippen LogP contribution >= 0.6 is 0 Å². The summed E-state index contributed by atoms with van der Waals surface area (Å²) in [6.07, 6.45) is 1.67. The monoisotopic (exact) mass is 185 g/mol. The van der Waals surface area contributed by atoms with Gasteiger partial charge in [-0.05, 0) is 12.8 Å². The van der Waals surface area contributed by atoms with Gasteiger partial charge in [0.15, 0.2) is 0 Å². The molecule has 0 saturated carbocycles. The molecule has 0 radical (unpaired) electrons. The maximum absolute atomic E-state index is 11.1. The summed E-state index contributed by atoms with van der Waals surface area (Å²) in [5.74, 6) is 0.0129. The zero-order valence-electron chi connectivity index (χ0n) is 7.96. The molecule has 0 aromatic rings. The average molecular weight is 185 g/mol. The van der Waals surface area contributed by atoms with E-state index in [0.717, 1.165) is 19.4 Å². The lowest BCUT2D eigenvalue weighted by molar-refractivity contribution is -0.129. The van der Waals surface area contributed by atoms with Gasteiger partial charge in [0.2, 0.25) is 5.91 Å². The normalized spacial score (nSPS) is 21.4. The minimum absolute atomic E-state index is 0.0129. The number of amides is 3. The molecule has 1 saturated heterocycles. The van der Waals surface area contributed by atoms with Gasteiger partial charge in [-0.1, -0.05) is 0 Å². The summed E-state index contributed by atoms with van der Waals surface area (Å²) in [6.45, 7) is 2.26. The summed E-state index contributed by atoms with van der Waals surface area (Å²) >= 11 is 0. The third-order valence-corrected chi connectivity index (χ3v) is 2.18. The predicted molar refractivity (Wildman–Crippen MR) is 48.0 cm³/mol. The second kappa shape index (κ2) is 4.11. The van der Waals surface area contributed by atoms with E-state index in [1.165, 1.54) is 6.92 Å².